The Morgan fingerprint density at radius 1 is 1.38 bits per heavy atom. The summed E-state index contributed by atoms with van der Waals surface area (Å²) in [5.74, 6) is 0.0408. The lowest BCUT2D eigenvalue weighted by Gasteiger charge is -2.23. The molecule has 2 aromatic heterocycles. The Kier molecular flexibility index (Phi) is 3.36. The van der Waals surface area contributed by atoms with Crippen LogP contribution in [-0.4, -0.2) is 39.2 Å². The molecule has 0 saturated carbocycles. The first-order chi connectivity index (χ1) is 11.4. The van der Waals surface area contributed by atoms with E-state index in [1.165, 1.54) is 0 Å². The molecule has 3 aromatic rings. The maximum absolute atomic E-state index is 12.1. The Morgan fingerprint density at radius 3 is 2.92 bits per heavy atom. The maximum atomic E-state index is 12.1. The number of hydrogen-bond acceptors (Lipinski definition) is 5. The van der Waals surface area contributed by atoms with Crippen LogP contribution in [0.25, 0.3) is 22.4 Å². The summed E-state index contributed by atoms with van der Waals surface area (Å²) in [7, 11) is 2.00. The Hall–Kier alpha value is -2.38. The molecule has 24 heavy (non-hydrogen) atoms. The van der Waals surface area contributed by atoms with Crippen molar-refractivity contribution in [1.29, 1.82) is 0 Å². The first-order valence-corrected chi connectivity index (χ1v) is 7.97. The Labute approximate surface area is 143 Å². The maximum Gasteiger partial charge on any atom is 0.252 e. The van der Waals surface area contributed by atoms with Crippen molar-refractivity contribution >= 4 is 28.6 Å². The lowest BCUT2D eigenvalue weighted by molar-refractivity contribution is 0.0998. The first kappa shape index (κ1) is 15.2. The Balaban J connectivity index is 1.95. The smallest absolute Gasteiger partial charge is 0.252 e. The zero-order chi connectivity index (χ0) is 17.0. The van der Waals surface area contributed by atoms with Gasteiger partial charge in [-0.3, -0.25) is 14.4 Å². The van der Waals surface area contributed by atoms with E-state index in [4.69, 9.17) is 21.8 Å². The quantitative estimate of drug-likeness (QED) is 0.769. The standard InChI is InChI=1S/C16H16ClN5O2/c1-8-19-11-6-9(5-10(17)15(11)24-8)14-13(16(18)23)12-7-21(2)3-4-22(12)20-14/h5-6H,3-4,7H2,1-2H3,(H2,18,23). The van der Waals surface area contributed by atoms with Crippen LogP contribution in [0.4, 0.5) is 0 Å². The summed E-state index contributed by atoms with van der Waals surface area (Å²) >= 11 is 6.31. The van der Waals surface area contributed by atoms with Gasteiger partial charge in [0.1, 0.15) is 11.2 Å². The number of aryl methyl sites for hydroxylation is 1. The van der Waals surface area contributed by atoms with Gasteiger partial charge in [-0.15, -0.1) is 0 Å². The number of nitrogens with zero attached hydrogens (tertiary/aromatic N) is 4. The number of benzene rings is 1. The van der Waals surface area contributed by atoms with E-state index >= 15 is 0 Å². The van der Waals surface area contributed by atoms with E-state index in [1.54, 1.807) is 13.0 Å². The zero-order valence-corrected chi connectivity index (χ0v) is 14.1. The second-order valence-corrected chi connectivity index (χ2v) is 6.44. The van der Waals surface area contributed by atoms with Crippen LogP contribution in [0.3, 0.4) is 0 Å². The minimum absolute atomic E-state index is 0.432. The lowest BCUT2D eigenvalue weighted by atomic mass is 10.0. The molecule has 0 aliphatic carbocycles. The number of nitrogens with two attached hydrogens (primary N) is 1. The third-order valence-electron chi connectivity index (χ3n) is 4.24. The molecule has 0 spiro atoms. The second kappa shape index (κ2) is 5.32. The number of likely N-dealkylation sites (N-methyl/N-ethyl adjacent to an activating group) is 1. The minimum Gasteiger partial charge on any atom is -0.439 e. The summed E-state index contributed by atoms with van der Waals surface area (Å²) in [6.45, 7) is 3.97. The van der Waals surface area contributed by atoms with E-state index in [0.717, 1.165) is 12.2 Å². The lowest BCUT2D eigenvalue weighted by Crippen LogP contribution is -2.32. The molecule has 1 amide bonds. The molecule has 7 nitrogen and oxygen atoms in total. The predicted molar refractivity (Wildman–Crippen MR) is 89.8 cm³/mol. The van der Waals surface area contributed by atoms with Crippen molar-refractivity contribution < 1.29 is 9.21 Å². The first-order valence-electron chi connectivity index (χ1n) is 7.59. The number of amides is 1. The molecule has 2 N–H and O–H groups in total. The summed E-state index contributed by atoms with van der Waals surface area (Å²) in [6.07, 6.45) is 0. The molecule has 1 aliphatic heterocycles. The van der Waals surface area contributed by atoms with Gasteiger partial charge in [0.15, 0.2) is 11.5 Å². The second-order valence-electron chi connectivity index (χ2n) is 6.03. The molecule has 0 radical (unpaired) electrons. The summed E-state index contributed by atoms with van der Waals surface area (Å²) < 4.78 is 7.34. The van der Waals surface area contributed by atoms with Crippen LogP contribution in [0.5, 0.6) is 0 Å². The van der Waals surface area contributed by atoms with E-state index < -0.39 is 5.91 Å². The van der Waals surface area contributed by atoms with Gasteiger partial charge < -0.3 is 10.2 Å². The number of fused-ring (bicyclic) bond motifs is 2. The summed E-state index contributed by atoms with van der Waals surface area (Å²) in [5.41, 5.74) is 9.33. The highest BCUT2D eigenvalue weighted by molar-refractivity contribution is 6.35. The molecule has 0 fully saturated rings. The molecule has 0 bridgehead atoms. The van der Waals surface area contributed by atoms with Gasteiger partial charge in [0.05, 0.1) is 22.8 Å². The van der Waals surface area contributed by atoms with E-state index in [9.17, 15) is 4.79 Å². The number of carbonyl (C=O) groups excluding carboxylic acids is 1. The van der Waals surface area contributed by atoms with Crippen molar-refractivity contribution in [3.05, 3.63) is 34.3 Å². The number of carbonyl (C=O) groups is 1. The molecule has 8 heteroatoms. The van der Waals surface area contributed by atoms with Crippen LogP contribution < -0.4 is 5.73 Å². The highest BCUT2D eigenvalue weighted by Gasteiger charge is 2.27. The van der Waals surface area contributed by atoms with Gasteiger partial charge >= 0.3 is 0 Å². The van der Waals surface area contributed by atoms with Gasteiger partial charge in [0, 0.05) is 25.6 Å². The van der Waals surface area contributed by atoms with Gasteiger partial charge in [-0.2, -0.15) is 5.10 Å². The van der Waals surface area contributed by atoms with E-state index in [2.05, 4.69) is 15.0 Å². The fraction of sp³-hybridized carbons (Fsp3) is 0.312. The molecule has 0 unspecified atom stereocenters. The molecule has 0 atom stereocenters. The van der Waals surface area contributed by atoms with Crippen LogP contribution in [0.2, 0.25) is 5.02 Å². The molecular weight excluding hydrogens is 330 g/mol. The van der Waals surface area contributed by atoms with Crippen molar-refractivity contribution in [3.8, 4) is 11.3 Å². The average molecular weight is 346 g/mol. The Bertz CT molecular complexity index is 975. The van der Waals surface area contributed by atoms with Gasteiger partial charge in [-0.05, 0) is 19.2 Å². The highest BCUT2D eigenvalue weighted by atomic mass is 35.5. The minimum atomic E-state index is -0.492. The van der Waals surface area contributed by atoms with Crippen LogP contribution in [0, 0.1) is 6.92 Å². The summed E-state index contributed by atoms with van der Waals surface area (Å²) in [5, 5.41) is 5.04. The third-order valence-corrected chi connectivity index (χ3v) is 4.52. The van der Waals surface area contributed by atoms with E-state index in [-0.39, 0.29) is 0 Å². The molecule has 1 aromatic carbocycles. The van der Waals surface area contributed by atoms with E-state index in [0.29, 0.717) is 51.9 Å². The summed E-state index contributed by atoms with van der Waals surface area (Å²) in [6, 6.07) is 3.56. The molecule has 0 saturated heterocycles. The average Bonchev–Trinajstić information content (AvgIpc) is 3.06. The van der Waals surface area contributed by atoms with Crippen molar-refractivity contribution in [2.24, 2.45) is 5.73 Å². The largest absolute Gasteiger partial charge is 0.439 e. The number of aromatic nitrogens is 3. The third kappa shape index (κ3) is 2.28. The van der Waals surface area contributed by atoms with Crippen LogP contribution >= 0.6 is 11.6 Å². The molecule has 1 aliphatic rings. The number of oxazole rings is 1. The normalized spacial score (nSPS) is 15.0. The number of rotatable bonds is 2. The van der Waals surface area contributed by atoms with Crippen molar-refractivity contribution in [1.82, 2.24) is 19.7 Å². The highest BCUT2D eigenvalue weighted by Crippen LogP contribution is 2.34. The number of hydrogen-bond donors (Lipinski definition) is 1. The fourth-order valence-corrected chi connectivity index (χ4v) is 3.40. The summed E-state index contributed by atoms with van der Waals surface area (Å²) in [4.78, 5) is 18.5. The van der Waals surface area contributed by atoms with Gasteiger partial charge in [-0.1, -0.05) is 11.6 Å². The predicted octanol–water partition coefficient (Wildman–Crippen LogP) is 2.20. The number of halogens is 1. The fourth-order valence-electron chi connectivity index (χ4n) is 3.14. The van der Waals surface area contributed by atoms with Crippen LogP contribution in [0.1, 0.15) is 21.9 Å². The van der Waals surface area contributed by atoms with Crippen molar-refractivity contribution in [2.75, 3.05) is 13.6 Å². The van der Waals surface area contributed by atoms with Crippen molar-refractivity contribution in [2.45, 2.75) is 20.0 Å². The van der Waals surface area contributed by atoms with Crippen LogP contribution in [0.15, 0.2) is 16.5 Å². The topological polar surface area (TPSA) is 90.2 Å². The van der Waals surface area contributed by atoms with Crippen molar-refractivity contribution in [3.63, 3.8) is 0 Å². The monoisotopic (exact) mass is 345 g/mol. The Morgan fingerprint density at radius 2 is 2.17 bits per heavy atom. The van der Waals surface area contributed by atoms with E-state index in [1.807, 2.05) is 17.8 Å². The SMILES string of the molecule is Cc1nc2cc(-c3nn4c(c3C(N)=O)CN(C)CC4)cc(Cl)c2o1. The zero-order valence-electron chi connectivity index (χ0n) is 13.3. The van der Waals surface area contributed by atoms with Gasteiger partial charge in [0.25, 0.3) is 5.91 Å². The molecular formula is C16H16ClN5O2. The molecule has 4 rings (SSSR count). The van der Waals surface area contributed by atoms with Gasteiger partial charge in [-0.25, -0.2) is 4.98 Å². The molecule has 124 valence electrons. The number of primary amides is 1. The molecule has 3 heterocycles. The van der Waals surface area contributed by atoms with Crippen LogP contribution in [-0.2, 0) is 13.1 Å². The van der Waals surface area contributed by atoms with Gasteiger partial charge in [0.2, 0.25) is 0 Å².